The molecule has 154 valence electrons. The minimum absolute atomic E-state index is 0.0976. The summed E-state index contributed by atoms with van der Waals surface area (Å²) in [5.41, 5.74) is 2.75. The van der Waals surface area contributed by atoms with Gasteiger partial charge in [0.2, 0.25) is 11.8 Å². The van der Waals surface area contributed by atoms with Crippen LogP contribution in [-0.2, 0) is 9.59 Å². The topological polar surface area (TPSA) is 58.4 Å². The van der Waals surface area contributed by atoms with Crippen LogP contribution >= 0.6 is 11.8 Å². The van der Waals surface area contributed by atoms with Crippen LogP contribution < -0.4 is 4.90 Å². The molecule has 0 radical (unpaired) electrons. The average molecular weight is 413 g/mol. The molecule has 3 heterocycles. The van der Waals surface area contributed by atoms with Crippen LogP contribution in [0.1, 0.15) is 44.2 Å². The summed E-state index contributed by atoms with van der Waals surface area (Å²) in [6.45, 7) is 4.27. The molecule has 1 saturated heterocycles. The average Bonchev–Trinajstić information content (AvgIpc) is 2.91. The molecule has 0 saturated carbocycles. The van der Waals surface area contributed by atoms with Gasteiger partial charge in [-0.3, -0.25) is 9.59 Å². The Bertz CT molecular complexity index is 872. The molecule has 2 aliphatic rings. The maximum Gasteiger partial charge on any atom is 0.237 e. The summed E-state index contributed by atoms with van der Waals surface area (Å²) in [5.74, 6) is 0.730. The maximum atomic E-state index is 12.7. The van der Waals surface area contributed by atoms with Gasteiger partial charge in [0.1, 0.15) is 5.03 Å². The van der Waals surface area contributed by atoms with E-state index in [1.54, 1.807) is 11.8 Å². The molecule has 0 N–H and O–H groups in total. The first-order valence-corrected chi connectivity index (χ1v) is 11.5. The van der Waals surface area contributed by atoms with Crippen molar-refractivity contribution in [2.24, 2.45) is 0 Å². The van der Waals surface area contributed by atoms with Gasteiger partial charge in [-0.15, -0.1) is 0 Å². The van der Waals surface area contributed by atoms with Gasteiger partial charge in [-0.2, -0.15) is 5.10 Å². The van der Waals surface area contributed by atoms with E-state index in [0.717, 1.165) is 48.0 Å². The van der Waals surface area contributed by atoms with Gasteiger partial charge in [-0.1, -0.05) is 42.8 Å². The molecule has 1 fully saturated rings. The second kappa shape index (κ2) is 9.03. The lowest BCUT2D eigenvalue weighted by molar-refractivity contribution is -0.131. The lowest BCUT2D eigenvalue weighted by Gasteiger charge is -2.28. The van der Waals surface area contributed by atoms with Crippen molar-refractivity contribution in [3.63, 3.8) is 0 Å². The number of likely N-dealkylation sites (tertiary alicyclic amines) is 1. The highest BCUT2D eigenvalue weighted by Crippen LogP contribution is 2.39. The van der Waals surface area contributed by atoms with Crippen molar-refractivity contribution in [1.29, 1.82) is 0 Å². The van der Waals surface area contributed by atoms with Crippen LogP contribution in [0.5, 0.6) is 0 Å². The number of aryl methyl sites for hydroxylation is 1. The van der Waals surface area contributed by atoms with Crippen molar-refractivity contribution in [3.8, 4) is 5.69 Å². The number of benzene rings is 1. The number of fused-ring (bicyclic) bond motifs is 1. The van der Waals surface area contributed by atoms with Gasteiger partial charge < -0.3 is 9.80 Å². The zero-order valence-electron chi connectivity index (χ0n) is 17.0. The monoisotopic (exact) mass is 412 g/mol. The maximum absolute atomic E-state index is 12.7. The fraction of sp³-hybridized carbons (Fsp3) is 0.500. The lowest BCUT2D eigenvalue weighted by atomic mass is 10.2. The lowest BCUT2D eigenvalue weighted by Crippen LogP contribution is -2.37. The Morgan fingerprint density at radius 3 is 2.55 bits per heavy atom. The van der Waals surface area contributed by atoms with Crippen LogP contribution in [0.15, 0.2) is 35.4 Å². The minimum Gasteiger partial charge on any atom is -0.343 e. The Morgan fingerprint density at radius 1 is 1.10 bits per heavy atom. The Labute approximate surface area is 176 Å². The molecule has 1 aromatic heterocycles. The molecule has 4 rings (SSSR count). The van der Waals surface area contributed by atoms with Gasteiger partial charge in [0.25, 0.3) is 0 Å². The normalized spacial score (nSPS) is 17.2. The summed E-state index contributed by atoms with van der Waals surface area (Å²) in [5, 5.41) is 5.71. The van der Waals surface area contributed by atoms with Crippen LogP contribution in [0.4, 0.5) is 5.69 Å². The molecule has 1 aromatic carbocycles. The number of carbonyl (C=O) groups is 2. The number of nitrogens with zero attached hydrogens (tertiary/aromatic N) is 4. The zero-order valence-corrected chi connectivity index (χ0v) is 17.8. The fourth-order valence-corrected chi connectivity index (χ4v) is 5.20. The predicted octanol–water partition coefficient (Wildman–Crippen LogP) is 3.80. The number of amides is 2. The van der Waals surface area contributed by atoms with E-state index in [-0.39, 0.29) is 11.8 Å². The number of carbonyl (C=O) groups excluding carboxylic acids is 2. The summed E-state index contributed by atoms with van der Waals surface area (Å²) < 4.78 is 1.93. The van der Waals surface area contributed by atoms with Gasteiger partial charge in [-0.25, -0.2) is 4.68 Å². The first-order chi connectivity index (χ1) is 14.1. The van der Waals surface area contributed by atoms with Crippen LogP contribution in [-0.4, -0.2) is 51.9 Å². The molecule has 2 aliphatic heterocycles. The molecular formula is C22H28N4O2S. The van der Waals surface area contributed by atoms with E-state index in [2.05, 4.69) is 0 Å². The number of para-hydroxylation sites is 1. The SMILES string of the molecule is Cc1nn(-c2ccccc2)c2c1N(CCCC(=O)N1CCCCCC1)C(=O)CS2. The molecule has 29 heavy (non-hydrogen) atoms. The van der Waals surface area contributed by atoms with E-state index < -0.39 is 0 Å². The van der Waals surface area contributed by atoms with Gasteiger partial charge in [0.05, 0.1) is 22.8 Å². The van der Waals surface area contributed by atoms with Gasteiger partial charge in [-0.05, 0) is 38.3 Å². The van der Waals surface area contributed by atoms with E-state index in [4.69, 9.17) is 5.10 Å². The molecule has 0 bridgehead atoms. The van der Waals surface area contributed by atoms with E-state index in [1.807, 2.05) is 51.7 Å². The van der Waals surface area contributed by atoms with Crippen LogP contribution in [0.3, 0.4) is 0 Å². The zero-order chi connectivity index (χ0) is 20.2. The van der Waals surface area contributed by atoms with Gasteiger partial charge in [0.15, 0.2) is 0 Å². The van der Waals surface area contributed by atoms with Crippen molar-refractivity contribution >= 4 is 29.3 Å². The second-order valence-corrected chi connectivity index (χ2v) is 8.68. The second-order valence-electron chi connectivity index (χ2n) is 7.72. The molecule has 2 amide bonds. The summed E-state index contributed by atoms with van der Waals surface area (Å²) >= 11 is 1.54. The Hall–Kier alpha value is -2.28. The third-order valence-corrected chi connectivity index (χ3v) is 6.65. The highest BCUT2D eigenvalue weighted by Gasteiger charge is 2.31. The summed E-state index contributed by atoms with van der Waals surface area (Å²) in [6.07, 6.45) is 5.83. The highest BCUT2D eigenvalue weighted by atomic mass is 32.2. The molecule has 0 spiro atoms. The Balaban J connectivity index is 1.46. The predicted molar refractivity (Wildman–Crippen MR) is 116 cm³/mol. The summed E-state index contributed by atoms with van der Waals surface area (Å²) in [7, 11) is 0. The minimum atomic E-state index is 0.0976. The highest BCUT2D eigenvalue weighted by molar-refractivity contribution is 8.00. The quantitative estimate of drug-likeness (QED) is 0.749. The van der Waals surface area contributed by atoms with Gasteiger partial charge >= 0.3 is 0 Å². The third-order valence-electron chi connectivity index (χ3n) is 5.62. The Morgan fingerprint density at radius 2 is 1.83 bits per heavy atom. The number of thioether (sulfide) groups is 1. The number of hydrogen-bond acceptors (Lipinski definition) is 4. The van der Waals surface area contributed by atoms with E-state index in [0.29, 0.717) is 25.1 Å². The molecule has 0 unspecified atom stereocenters. The Kier molecular flexibility index (Phi) is 6.23. The van der Waals surface area contributed by atoms with Crippen LogP contribution in [0.2, 0.25) is 0 Å². The van der Waals surface area contributed by atoms with E-state index in [1.165, 1.54) is 12.8 Å². The number of aromatic nitrogens is 2. The molecule has 0 aliphatic carbocycles. The first kappa shape index (κ1) is 20.0. The van der Waals surface area contributed by atoms with Crippen molar-refractivity contribution < 1.29 is 9.59 Å². The summed E-state index contributed by atoms with van der Waals surface area (Å²) in [6, 6.07) is 10.0. The van der Waals surface area contributed by atoms with E-state index in [9.17, 15) is 9.59 Å². The number of rotatable bonds is 5. The number of hydrogen-bond donors (Lipinski definition) is 0. The van der Waals surface area contributed by atoms with Gasteiger partial charge in [0, 0.05) is 26.1 Å². The molecule has 2 aromatic rings. The molecule has 0 atom stereocenters. The first-order valence-electron chi connectivity index (χ1n) is 10.5. The fourth-order valence-electron chi connectivity index (χ4n) is 4.12. The van der Waals surface area contributed by atoms with Crippen molar-refractivity contribution in [2.75, 3.05) is 30.3 Å². The molecule has 7 heteroatoms. The van der Waals surface area contributed by atoms with Crippen molar-refractivity contribution in [1.82, 2.24) is 14.7 Å². The van der Waals surface area contributed by atoms with E-state index >= 15 is 0 Å². The molecule has 6 nitrogen and oxygen atoms in total. The third kappa shape index (κ3) is 4.34. The number of anilines is 1. The largest absolute Gasteiger partial charge is 0.343 e. The van der Waals surface area contributed by atoms with Crippen molar-refractivity contribution in [2.45, 2.75) is 50.5 Å². The standard InChI is InChI=1S/C22H28N4O2S/c1-17-21-22(26(23-17)18-10-5-4-6-11-18)29-16-20(28)25(21)15-9-12-19(27)24-13-7-2-3-8-14-24/h4-6,10-11H,2-3,7-9,12-16H2,1H3. The molecular weight excluding hydrogens is 384 g/mol. The summed E-state index contributed by atoms with van der Waals surface area (Å²) in [4.78, 5) is 29.1. The van der Waals surface area contributed by atoms with Crippen LogP contribution in [0.25, 0.3) is 5.69 Å². The van der Waals surface area contributed by atoms with Crippen molar-refractivity contribution in [3.05, 3.63) is 36.0 Å². The van der Waals surface area contributed by atoms with Crippen LogP contribution in [0, 0.1) is 6.92 Å². The smallest absolute Gasteiger partial charge is 0.237 e.